The lowest BCUT2D eigenvalue weighted by molar-refractivity contribution is -0.112. The van der Waals surface area contributed by atoms with Gasteiger partial charge in [-0.15, -0.1) is 6.42 Å². The summed E-state index contributed by atoms with van der Waals surface area (Å²) < 4.78 is 11.7. The van der Waals surface area contributed by atoms with Gasteiger partial charge < -0.3 is 14.8 Å². The number of halogens is 2. The third-order valence-corrected chi connectivity index (χ3v) is 4.21. The van der Waals surface area contributed by atoms with Crippen LogP contribution in [0.3, 0.4) is 0 Å². The van der Waals surface area contributed by atoms with E-state index in [1.165, 1.54) is 6.08 Å². The smallest absolute Gasteiger partial charge is 0.266 e. The number of ether oxygens (including phenoxy) is 2. The molecule has 0 atom stereocenters. The summed E-state index contributed by atoms with van der Waals surface area (Å²) in [5.41, 5.74) is 1.00. The van der Waals surface area contributed by atoms with E-state index >= 15 is 0 Å². The standard InChI is InChI=1S/C21H16BrClN2O3/c1-3-8-28-20-18(22)10-14(11-19(20)27-4-2)9-15(13-24)21(26)25-17-7-5-6-16(23)12-17/h1,5-7,9-12H,4,8H2,2H3,(H,25,26)/b15-9+. The fraction of sp³-hybridized carbons (Fsp3) is 0.143. The molecule has 0 aromatic heterocycles. The minimum atomic E-state index is -0.550. The van der Waals surface area contributed by atoms with Crippen molar-refractivity contribution in [1.82, 2.24) is 0 Å². The summed E-state index contributed by atoms with van der Waals surface area (Å²) in [7, 11) is 0. The number of benzene rings is 2. The van der Waals surface area contributed by atoms with Crippen molar-refractivity contribution in [3.8, 4) is 29.9 Å². The molecule has 0 radical (unpaired) electrons. The second-order valence-electron chi connectivity index (χ2n) is 5.39. The summed E-state index contributed by atoms with van der Waals surface area (Å²) in [5, 5.41) is 12.5. The van der Waals surface area contributed by atoms with Crippen LogP contribution in [-0.4, -0.2) is 19.1 Å². The summed E-state index contributed by atoms with van der Waals surface area (Å²) in [6.45, 7) is 2.33. The van der Waals surface area contributed by atoms with E-state index < -0.39 is 5.91 Å². The van der Waals surface area contributed by atoms with E-state index in [-0.39, 0.29) is 12.2 Å². The molecule has 142 valence electrons. The van der Waals surface area contributed by atoms with Crippen molar-refractivity contribution in [2.75, 3.05) is 18.5 Å². The molecule has 0 heterocycles. The second kappa shape index (κ2) is 10.4. The van der Waals surface area contributed by atoms with Crippen molar-refractivity contribution in [3.63, 3.8) is 0 Å². The van der Waals surface area contributed by atoms with Crippen LogP contribution in [0.25, 0.3) is 6.08 Å². The first-order chi connectivity index (χ1) is 13.5. The molecule has 0 unspecified atom stereocenters. The van der Waals surface area contributed by atoms with Gasteiger partial charge in [0.1, 0.15) is 18.2 Å². The Labute approximate surface area is 177 Å². The van der Waals surface area contributed by atoms with Gasteiger partial charge in [-0.25, -0.2) is 0 Å². The van der Waals surface area contributed by atoms with Crippen molar-refractivity contribution in [2.24, 2.45) is 0 Å². The number of hydrogen-bond acceptors (Lipinski definition) is 4. The maximum atomic E-state index is 12.4. The Morgan fingerprint density at radius 3 is 2.79 bits per heavy atom. The molecule has 28 heavy (non-hydrogen) atoms. The highest BCUT2D eigenvalue weighted by Crippen LogP contribution is 2.37. The minimum Gasteiger partial charge on any atom is -0.490 e. The Balaban J connectivity index is 2.33. The monoisotopic (exact) mass is 458 g/mol. The fourth-order valence-electron chi connectivity index (χ4n) is 2.27. The van der Waals surface area contributed by atoms with E-state index in [2.05, 4.69) is 27.2 Å². The van der Waals surface area contributed by atoms with Crippen molar-refractivity contribution in [3.05, 3.63) is 57.0 Å². The topological polar surface area (TPSA) is 71.3 Å². The van der Waals surface area contributed by atoms with Gasteiger partial charge in [0.15, 0.2) is 11.5 Å². The van der Waals surface area contributed by atoms with E-state index in [1.54, 1.807) is 36.4 Å². The average Bonchev–Trinajstić information content (AvgIpc) is 2.65. The van der Waals surface area contributed by atoms with Crippen LogP contribution in [0.5, 0.6) is 11.5 Å². The van der Waals surface area contributed by atoms with Gasteiger partial charge in [-0.2, -0.15) is 5.26 Å². The number of nitriles is 1. The largest absolute Gasteiger partial charge is 0.490 e. The predicted molar refractivity (Wildman–Crippen MR) is 113 cm³/mol. The van der Waals surface area contributed by atoms with Gasteiger partial charge in [-0.1, -0.05) is 23.6 Å². The Morgan fingerprint density at radius 2 is 2.14 bits per heavy atom. The summed E-state index contributed by atoms with van der Waals surface area (Å²) in [6.07, 6.45) is 6.70. The van der Waals surface area contributed by atoms with E-state index in [4.69, 9.17) is 27.5 Å². The zero-order valence-electron chi connectivity index (χ0n) is 15.0. The minimum absolute atomic E-state index is 0.0772. The molecule has 0 saturated carbocycles. The number of rotatable bonds is 7. The van der Waals surface area contributed by atoms with Gasteiger partial charge in [0.25, 0.3) is 5.91 Å². The third-order valence-electron chi connectivity index (χ3n) is 3.39. The molecular weight excluding hydrogens is 444 g/mol. The van der Waals surface area contributed by atoms with Crippen molar-refractivity contribution >= 4 is 45.2 Å². The maximum absolute atomic E-state index is 12.4. The number of hydrogen-bond donors (Lipinski definition) is 1. The van der Waals surface area contributed by atoms with Crippen LogP contribution in [0.1, 0.15) is 12.5 Å². The third kappa shape index (κ3) is 5.79. The van der Waals surface area contributed by atoms with Crippen LogP contribution >= 0.6 is 27.5 Å². The lowest BCUT2D eigenvalue weighted by Gasteiger charge is -2.13. The van der Waals surface area contributed by atoms with Crippen LogP contribution in [0, 0.1) is 23.7 Å². The molecule has 0 bridgehead atoms. The second-order valence-corrected chi connectivity index (χ2v) is 6.68. The first kappa shape index (κ1) is 21.4. The molecule has 7 heteroatoms. The van der Waals surface area contributed by atoms with Gasteiger partial charge >= 0.3 is 0 Å². The summed E-state index contributed by atoms with van der Waals surface area (Å²) in [6, 6.07) is 12.0. The number of nitrogens with one attached hydrogen (secondary N) is 1. The van der Waals surface area contributed by atoms with E-state index in [9.17, 15) is 10.1 Å². The Morgan fingerprint density at radius 1 is 1.36 bits per heavy atom. The molecule has 0 aliphatic carbocycles. The summed E-state index contributed by atoms with van der Waals surface area (Å²) >= 11 is 9.32. The first-order valence-electron chi connectivity index (χ1n) is 8.19. The van der Waals surface area contributed by atoms with Crippen LogP contribution in [0.4, 0.5) is 5.69 Å². The Hall–Kier alpha value is -2.93. The Kier molecular flexibility index (Phi) is 7.95. The van der Waals surface area contributed by atoms with E-state index in [0.29, 0.717) is 38.9 Å². The summed E-state index contributed by atoms with van der Waals surface area (Å²) in [5.74, 6) is 2.75. The molecule has 1 amide bonds. The predicted octanol–water partition coefficient (Wildman–Crippen LogP) is 5.06. The van der Waals surface area contributed by atoms with Crippen molar-refractivity contribution in [2.45, 2.75) is 6.92 Å². The lowest BCUT2D eigenvalue weighted by Crippen LogP contribution is -2.13. The lowest BCUT2D eigenvalue weighted by atomic mass is 10.1. The molecule has 5 nitrogen and oxygen atoms in total. The quantitative estimate of drug-likeness (QED) is 0.357. The number of anilines is 1. The normalized spacial score (nSPS) is 10.5. The zero-order chi connectivity index (χ0) is 20.5. The van der Waals surface area contributed by atoms with Crippen LogP contribution in [0.15, 0.2) is 46.4 Å². The van der Waals surface area contributed by atoms with Gasteiger partial charge in [0.2, 0.25) is 0 Å². The van der Waals surface area contributed by atoms with Gasteiger partial charge in [0.05, 0.1) is 11.1 Å². The zero-order valence-corrected chi connectivity index (χ0v) is 17.3. The van der Waals surface area contributed by atoms with Crippen LogP contribution in [-0.2, 0) is 4.79 Å². The highest BCUT2D eigenvalue weighted by Gasteiger charge is 2.14. The molecule has 0 aliphatic rings. The highest BCUT2D eigenvalue weighted by atomic mass is 79.9. The molecule has 0 fully saturated rings. The molecule has 2 aromatic rings. The molecule has 0 spiro atoms. The molecule has 2 rings (SSSR count). The van der Waals surface area contributed by atoms with Crippen molar-refractivity contribution < 1.29 is 14.3 Å². The number of carbonyl (C=O) groups is 1. The van der Waals surface area contributed by atoms with Gasteiger partial charge in [-0.05, 0) is 64.8 Å². The average molecular weight is 460 g/mol. The SMILES string of the molecule is C#CCOc1c(Br)cc(/C=C(\C#N)C(=O)Nc2cccc(Cl)c2)cc1OCC. The molecule has 0 saturated heterocycles. The van der Waals surface area contributed by atoms with Gasteiger partial charge in [-0.3, -0.25) is 4.79 Å². The fourth-order valence-corrected chi connectivity index (χ4v) is 3.03. The molecular formula is C21H16BrClN2O3. The highest BCUT2D eigenvalue weighted by molar-refractivity contribution is 9.10. The maximum Gasteiger partial charge on any atom is 0.266 e. The number of terminal acetylenes is 1. The van der Waals surface area contributed by atoms with Crippen LogP contribution in [0.2, 0.25) is 5.02 Å². The molecule has 0 aliphatic heterocycles. The molecule has 2 aromatic carbocycles. The number of amides is 1. The van der Waals surface area contributed by atoms with Crippen molar-refractivity contribution in [1.29, 1.82) is 5.26 Å². The van der Waals surface area contributed by atoms with Gasteiger partial charge in [0, 0.05) is 10.7 Å². The molecule has 1 N–H and O–H groups in total. The van der Waals surface area contributed by atoms with E-state index in [0.717, 1.165) is 0 Å². The number of nitrogens with zero attached hydrogens (tertiary/aromatic N) is 1. The summed E-state index contributed by atoms with van der Waals surface area (Å²) in [4.78, 5) is 12.4. The van der Waals surface area contributed by atoms with E-state index in [1.807, 2.05) is 13.0 Å². The van der Waals surface area contributed by atoms with Crippen LogP contribution < -0.4 is 14.8 Å². The Bertz CT molecular complexity index is 990. The number of carbonyl (C=O) groups excluding carboxylic acids is 1. The first-order valence-corrected chi connectivity index (χ1v) is 9.37.